The van der Waals surface area contributed by atoms with Crippen molar-refractivity contribution in [2.75, 3.05) is 0 Å². The zero-order valence-corrected chi connectivity index (χ0v) is 12.2. The average molecular weight is 322 g/mol. The lowest BCUT2D eigenvalue weighted by molar-refractivity contribution is -0.133. The number of esters is 1. The number of ether oxygens (including phenoxy) is 1. The monoisotopic (exact) mass is 321 g/mol. The molecule has 0 saturated carbocycles. The summed E-state index contributed by atoms with van der Waals surface area (Å²) < 4.78 is 5.02. The van der Waals surface area contributed by atoms with Crippen LogP contribution in [0.1, 0.15) is 21.7 Å². The van der Waals surface area contributed by atoms with Crippen molar-refractivity contribution >= 4 is 29.2 Å². The Balaban J connectivity index is 1.96. The topological polar surface area (TPSA) is 75.9 Å². The van der Waals surface area contributed by atoms with Crippen molar-refractivity contribution in [1.29, 1.82) is 5.26 Å². The van der Waals surface area contributed by atoms with Crippen LogP contribution < -0.4 is 4.74 Å². The Morgan fingerprint density at radius 3 is 2.43 bits per heavy atom. The standard InChI is InChI=1S/C14H9Cl2N3O2/c15-14(16)10-3-1-9(2-4-10)7-13(20)21-12-6-5-11(8-17)18-19-12/h1-6,14H,7H2. The quantitative estimate of drug-likeness (QED) is 0.639. The van der Waals surface area contributed by atoms with Gasteiger partial charge in [-0.25, -0.2) is 0 Å². The Morgan fingerprint density at radius 1 is 1.19 bits per heavy atom. The molecule has 0 bridgehead atoms. The summed E-state index contributed by atoms with van der Waals surface area (Å²) in [5.74, 6) is -0.424. The van der Waals surface area contributed by atoms with Gasteiger partial charge in [0.25, 0.3) is 0 Å². The van der Waals surface area contributed by atoms with Crippen LogP contribution in [0.3, 0.4) is 0 Å². The van der Waals surface area contributed by atoms with Crippen LogP contribution in [0, 0.1) is 11.3 Å². The fourth-order valence-corrected chi connectivity index (χ4v) is 1.83. The van der Waals surface area contributed by atoms with Crippen LogP contribution in [-0.2, 0) is 11.2 Å². The van der Waals surface area contributed by atoms with Gasteiger partial charge in [-0.2, -0.15) is 5.26 Å². The lowest BCUT2D eigenvalue weighted by Gasteiger charge is -2.05. The van der Waals surface area contributed by atoms with Gasteiger partial charge in [-0.15, -0.1) is 33.4 Å². The van der Waals surface area contributed by atoms with Crippen molar-refractivity contribution in [1.82, 2.24) is 10.2 Å². The molecule has 0 N–H and O–H groups in total. The van der Waals surface area contributed by atoms with Crippen molar-refractivity contribution in [3.05, 3.63) is 53.2 Å². The Bertz CT molecular complexity index is 664. The van der Waals surface area contributed by atoms with E-state index in [0.717, 1.165) is 11.1 Å². The number of hydrogen-bond donors (Lipinski definition) is 0. The lowest BCUT2D eigenvalue weighted by atomic mass is 10.1. The van der Waals surface area contributed by atoms with Gasteiger partial charge in [0.2, 0.25) is 5.88 Å². The van der Waals surface area contributed by atoms with E-state index in [-0.39, 0.29) is 18.0 Å². The van der Waals surface area contributed by atoms with E-state index in [4.69, 9.17) is 33.2 Å². The molecule has 21 heavy (non-hydrogen) atoms. The maximum absolute atomic E-state index is 11.7. The summed E-state index contributed by atoms with van der Waals surface area (Å²) >= 11 is 11.5. The molecule has 1 aromatic heterocycles. The number of carbonyl (C=O) groups excluding carboxylic acids is 1. The second kappa shape index (κ2) is 7.02. The average Bonchev–Trinajstić information content (AvgIpc) is 2.48. The van der Waals surface area contributed by atoms with Gasteiger partial charge in [-0.3, -0.25) is 4.79 Å². The molecule has 5 nitrogen and oxygen atoms in total. The highest BCUT2D eigenvalue weighted by Crippen LogP contribution is 2.24. The molecular formula is C14H9Cl2N3O2. The maximum Gasteiger partial charge on any atom is 0.317 e. The predicted octanol–water partition coefficient (Wildman–Crippen LogP) is 2.97. The molecule has 1 heterocycles. The van der Waals surface area contributed by atoms with Crippen LogP contribution in [0.5, 0.6) is 5.88 Å². The molecule has 2 aromatic rings. The molecule has 0 fully saturated rings. The molecule has 0 amide bonds. The van der Waals surface area contributed by atoms with E-state index < -0.39 is 10.8 Å². The van der Waals surface area contributed by atoms with E-state index in [2.05, 4.69) is 10.2 Å². The van der Waals surface area contributed by atoms with E-state index in [1.807, 2.05) is 6.07 Å². The van der Waals surface area contributed by atoms with Crippen LogP contribution >= 0.6 is 23.2 Å². The number of aromatic nitrogens is 2. The van der Waals surface area contributed by atoms with Crippen molar-refractivity contribution in [3.8, 4) is 11.9 Å². The second-order valence-corrected chi connectivity index (χ2v) is 5.16. The predicted molar refractivity (Wildman–Crippen MR) is 77.0 cm³/mol. The zero-order valence-electron chi connectivity index (χ0n) is 10.7. The van der Waals surface area contributed by atoms with Crippen molar-refractivity contribution in [2.24, 2.45) is 0 Å². The van der Waals surface area contributed by atoms with Crippen molar-refractivity contribution in [2.45, 2.75) is 11.3 Å². The number of nitrogens with zero attached hydrogens (tertiary/aromatic N) is 3. The largest absolute Gasteiger partial charge is 0.406 e. The summed E-state index contributed by atoms with van der Waals surface area (Å²) in [6.45, 7) is 0. The first-order valence-electron chi connectivity index (χ1n) is 5.90. The van der Waals surface area contributed by atoms with Gasteiger partial charge in [-0.05, 0) is 17.2 Å². The first kappa shape index (κ1) is 15.2. The number of hydrogen-bond acceptors (Lipinski definition) is 5. The zero-order chi connectivity index (χ0) is 15.2. The molecule has 0 aliphatic carbocycles. The van der Waals surface area contributed by atoms with E-state index in [1.165, 1.54) is 12.1 Å². The third-order valence-corrected chi connectivity index (χ3v) is 3.06. The SMILES string of the molecule is N#Cc1ccc(OC(=O)Cc2ccc(C(Cl)Cl)cc2)nn1. The molecule has 0 radical (unpaired) electrons. The number of rotatable bonds is 4. The Labute approximate surface area is 131 Å². The first-order valence-corrected chi connectivity index (χ1v) is 6.77. The third-order valence-electron chi connectivity index (χ3n) is 2.55. The molecule has 0 spiro atoms. The van der Waals surface area contributed by atoms with E-state index >= 15 is 0 Å². The minimum Gasteiger partial charge on any atom is -0.406 e. The number of halogens is 2. The molecule has 106 valence electrons. The minimum atomic E-state index is -0.597. The summed E-state index contributed by atoms with van der Waals surface area (Å²) in [7, 11) is 0. The van der Waals surface area contributed by atoms with Crippen molar-refractivity contribution < 1.29 is 9.53 Å². The fraction of sp³-hybridized carbons (Fsp3) is 0.143. The minimum absolute atomic E-state index is 0.0530. The first-order chi connectivity index (χ1) is 10.1. The smallest absolute Gasteiger partial charge is 0.317 e. The molecule has 0 unspecified atom stereocenters. The third kappa shape index (κ3) is 4.42. The van der Waals surface area contributed by atoms with Gasteiger partial charge in [-0.1, -0.05) is 24.3 Å². The summed E-state index contributed by atoms with van der Waals surface area (Å²) in [5.41, 5.74) is 1.68. The van der Waals surface area contributed by atoms with E-state index in [1.54, 1.807) is 24.3 Å². The van der Waals surface area contributed by atoms with Crippen LogP contribution in [0.4, 0.5) is 0 Å². The molecule has 0 saturated heterocycles. The Kier molecular flexibility index (Phi) is 5.09. The molecule has 0 aliphatic heterocycles. The van der Waals surface area contributed by atoms with Gasteiger partial charge in [0.05, 0.1) is 6.42 Å². The molecule has 0 atom stereocenters. The van der Waals surface area contributed by atoms with Gasteiger partial charge in [0.1, 0.15) is 10.9 Å². The highest BCUT2D eigenvalue weighted by molar-refractivity contribution is 6.44. The summed E-state index contributed by atoms with van der Waals surface area (Å²) in [6.07, 6.45) is 0.0806. The highest BCUT2D eigenvalue weighted by Gasteiger charge is 2.09. The van der Waals surface area contributed by atoms with Gasteiger partial charge >= 0.3 is 5.97 Å². The normalized spacial score (nSPS) is 10.2. The summed E-state index contributed by atoms with van der Waals surface area (Å²) in [4.78, 5) is 11.2. The van der Waals surface area contributed by atoms with Crippen LogP contribution in [0.2, 0.25) is 0 Å². The molecule has 1 aromatic carbocycles. The number of alkyl halides is 2. The van der Waals surface area contributed by atoms with Gasteiger partial charge in [0, 0.05) is 6.07 Å². The summed E-state index contributed by atoms with van der Waals surface area (Å²) in [5, 5.41) is 15.8. The molecule has 0 aliphatic rings. The van der Waals surface area contributed by atoms with E-state index in [0.29, 0.717) is 0 Å². The van der Waals surface area contributed by atoms with Gasteiger partial charge in [0.15, 0.2) is 5.69 Å². The van der Waals surface area contributed by atoms with Crippen LogP contribution in [-0.4, -0.2) is 16.2 Å². The van der Waals surface area contributed by atoms with Gasteiger partial charge < -0.3 is 4.74 Å². The number of nitriles is 1. The molecular weight excluding hydrogens is 313 g/mol. The summed E-state index contributed by atoms with van der Waals surface area (Å²) in [6, 6.07) is 11.7. The number of benzene rings is 1. The van der Waals surface area contributed by atoms with Crippen molar-refractivity contribution in [3.63, 3.8) is 0 Å². The maximum atomic E-state index is 11.7. The highest BCUT2D eigenvalue weighted by atomic mass is 35.5. The molecule has 2 rings (SSSR count). The fourth-order valence-electron chi connectivity index (χ4n) is 1.53. The van der Waals surface area contributed by atoms with E-state index in [9.17, 15) is 4.79 Å². The Hall–Kier alpha value is -2.16. The Morgan fingerprint density at radius 2 is 1.90 bits per heavy atom. The second-order valence-electron chi connectivity index (χ2n) is 4.06. The lowest BCUT2D eigenvalue weighted by Crippen LogP contribution is -2.12. The molecule has 7 heteroatoms. The van der Waals surface area contributed by atoms with Crippen LogP contribution in [0.15, 0.2) is 36.4 Å². The van der Waals surface area contributed by atoms with Crippen LogP contribution in [0.25, 0.3) is 0 Å². The number of carbonyl (C=O) groups is 1.